The van der Waals surface area contributed by atoms with Crippen molar-refractivity contribution in [3.8, 4) is 11.5 Å². The van der Waals surface area contributed by atoms with Crippen LogP contribution in [0.2, 0.25) is 0 Å². The largest absolute Gasteiger partial charge is 0.490 e. The van der Waals surface area contributed by atoms with Gasteiger partial charge in [0.15, 0.2) is 11.5 Å². The van der Waals surface area contributed by atoms with Crippen LogP contribution >= 0.6 is 0 Å². The van der Waals surface area contributed by atoms with E-state index in [-0.39, 0.29) is 11.3 Å². The summed E-state index contributed by atoms with van der Waals surface area (Å²) < 4.78 is 20.5. The number of rotatable bonds is 4. The number of hydrogen-bond acceptors (Lipinski definition) is 7. The van der Waals surface area contributed by atoms with E-state index in [9.17, 15) is 14.4 Å². The van der Waals surface area contributed by atoms with Gasteiger partial charge in [-0.15, -0.1) is 0 Å². The van der Waals surface area contributed by atoms with Gasteiger partial charge in [-0.25, -0.2) is 9.59 Å². The molecule has 0 saturated carbocycles. The Bertz CT molecular complexity index is 694. The zero-order valence-electron chi connectivity index (χ0n) is 13.9. The summed E-state index contributed by atoms with van der Waals surface area (Å²) in [6.45, 7) is 6.36. The Hall–Kier alpha value is -2.83. The molecule has 7 nitrogen and oxygen atoms in total. The van der Waals surface area contributed by atoms with E-state index in [0.29, 0.717) is 17.9 Å². The van der Waals surface area contributed by atoms with E-state index in [1.807, 2.05) is 0 Å². The summed E-state index contributed by atoms with van der Waals surface area (Å²) in [5.74, 6) is -2.73. The van der Waals surface area contributed by atoms with E-state index in [1.54, 1.807) is 19.1 Å². The fourth-order valence-corrected chi connectivity index (χ4v) is 2.07. The van der Waals surface area contributed by atoms with Crippen molar-refractivity contribution in [2.24, 2.45) is 0 Å². The maximum atomic E-state index is 12.0. The molecule has 0 bridgehead atoms. The smallest absolute Gasteiger partial charge is 0.348 e. The highest BCUT2D eigenvalue weighted by Gasteiger charge is 2.38. The molecule has 128 valence electrons. The maximum absolute atomic E-state index is 12.0. The minimum absolute atomic E-state index is 0.225. The predicted octanol–water partition coefficient (Wildman–Crippen LogP) is 2.23. The van der Waals surface area contributed by atoms with E-state index < -0.39 is 23.7 Å². The topological polar surface area (TPSA) is 88.1 Å². The normalized spacial score (nSPS) is 16.1. The van der Waals surface area contributed by atoms with Gasteiger partial charge in [0, 0.05) is 20.8 Å². The molecule has 0 unspecified atom stereocenters. The van der Waals surface area contributed by atoms with Crippen molar-refractivity contribution in [2.45, 2.75) is 33.5 Å². The molecule has 1 fully saturated rings. The monoisotopic (exact) mass is 334 g/mol. The summed E-state index contributed by atoms with van der Waals surface area (Å²) >= 11 is 0. The van der Waals surface area contributed by atoms with Gasteiger partial charge < -0.3 is 18.9 Å². The van der Waals surface area contributed by atoms with E-state index in [4.69, 9.17) is 18.9 Å². The maximum Gasteiger partial charge on any atom is 0.348 e. The van der Waals surface area contributed by atoms with Crippen LogP contribution in [0.4, 0.5) is 0 Å². The number of carbonyl (C=O) groups is 3. The molecule has 0 aromatic heterocycles. The number of esters is 3. The molecular formula is C17H18O7. The summed E-state index contributed by atoms with van der Waals surface area (Å²) in [6.07, 6.45) is 1.33. The van der Waals surface area contributed by atoms with Crippen molar-refractivity contribution in [3.63, 3.8) is 0 Å². The van der Waals surface area contributed by atoms with Gasteiger partial charge in [0.1, 0.15) is 5.57 Å². The first-order valence-corrected chi connectivity index (χ1v) is 7.35. The van der Waals surface area contributed by atoms with E-state index in [0.717, 1.165) is 0 Å². The molecule has 1 aromatic carbocycles. The zero-order chi connectivity index (χ0) is 17.9. The minimum atomic E-state index is -1.29. The third-order valence-electron chi connectivity index (χ3n) is 2.95. The fourth-order valence-electron chi connectivity index (χ4n) is 2.07. The number of carbonyl (C=O) groups excluding carboxylic acids is 3. The van der Waals surface area contributed by atoms with Crippen LogP contribution in [-0.2, 0) is 23.9 Å². The Morgan fingerprint density at radius 1 is 1.17 bits per heavy atom. The lowest BCUT2D eigenvalue weighted by molar-refractivity contribution is -0.222. The van der Waals surface area contributed by atoms with Crippen LogP contribution < -0.4 is 9.47 Å². The van der Waals surface area contributed by atoms with Crippen LogP contribution in [0.1, 0.15) is 33.3 Å². The van der Waals surface area contributed by atoms with E-state index >= 15 is 0 Å². The second-order valence-corrected chi connectivity index (χ2v) is 5.47. The lowest BCUT2D eigenvalue weighted by Crippen LogP contribution is -2.41. The summed E-state index contributed by atoms with van der Waals surface area (Å²) in [5.41, 5.74) is 0.273. The van der Waals surface area contributed by atoms with Gasteiger partial charge in [0.25, 0.3) is 5.79 Å². The van der Waals surface area contributed by atoms with Crippen LogP contribution in [0.3, 0.4) is 0 Å². The molecule has 0 atom stereocenters. The van der Waals surface area contributed by atoms with Crippen molar-refractivity contribution >= 4 is 24.0 Å². The molecule has 0 spiro atoms. The minimum Gasteiger partial charge on any atom is -0.490 e. The van der Waals surface area contributed by atoms with Crippen molar-refractivity contribution in [3.05, 3.63) is 29.3 Å². The SMILES string of the molecule is CCOc1cc(C=C2C(=O)OC(C)(C)OC2=O)ccc1OC(C)=O. The molecule has 1 heterocycles. The van der Waals surface area contributed by atoms with Crippen LogP contribution in [0.15, 0.2) is 23.8 Å². The van der Waals surface area contributed by atoms with Crippen molar-refractivity contribution in [1.29, 1.82) is 0 Å². The Balaban J connectivity index is 2.35. The first-order chi connectivity index (χ1) is 11.2. The molecule has 0 N–H and O–H groups in total. The quantitative estimate of drug-likeness (QED) is 0.361. The molecular weight excluding hydrogens is 316 g/mol. The Morgan fingerprint density at radius 2 is 1.79 bits per heavy atom. The third kappa shape index (κ3) is 4.13. The molecule has 2 rings (SSSR count). The Morgan fingerprint density at radius 3 is 2.33 bits per heavy atom. The van der Waals surface area contributed by atoms with Crippen LogP contribution in [0.25, 0.3) is 6.08 Å². The highest BCUT2D eigenvalue weighted by Crippen LogP contribution is 2.31. The van der Waals surface area contributed by atoms with Crippen molar-refractivity contribution in [2.75, 3.05) is 6.61 Å². The van der Waals surface area contributed by atoms with Crippen molar-refractivity contribution < 1.29 is 33.3 Å². The number of cyclic esters (lactones) is 2. The van der Waals surface area contributed by atoms with Gasteiger partial charge in [-0.05, 0) is 30.7 Å². The van der Waals surface area contributed by atoms with Gasteiger partial charge in [-0.2, -0.15) is 0 Å². The van der Waals surface area contributed by atoms with E-state index in [1.165, 1.54) is 32.9 Å². The molecule has 1 aliphatic heterocycles. The van der Waals surface area contributed by atoms with Crippen LogP contribution in [-0.4, -0.2) is 30.3 Å². The third-order valence-corrected chi connectivity index (χ3v) is 2.95. The lowest BCUT2D eigenvalue weighted by atomic mass is 10.1. The average molecular weight is 334 g/mol. The zero-order valence-corrected chi connectivity index (χ0v) is 13.9. The highest BCUT2D eigenvalue weighted by molar-refractivity contribution is 6.18. The van der Waals surface area contributed by atoms with E-state index in [2.05, 4.69) is 0 Å². The van der Waals surface area contributed by atoms with Crippen LogP contribution in [0.5, 0.6) is 11.5 Å². The second-order valence-electron chi connectivity index (χ2n) is 5.47. The van der Waals surface area contributed by atoms with Crippen LogP contribution in [0, 0.1) is 0 Å². The van der Waals surface area contributed by atoms with Gasteiger partial charge in [0.2, 0.25) is 0 Å². The first-order valence-electron chi connectivity index (χ1n) is 7.35. The first kappa shape index (κ1) is 17.5. The number of benzene rings is 1. The van der Waals surface area contributed by atoms with Crippen molar-refractivity contribution in [1.82, 2.24) is 0 Å². The number of hydrogen-bond donors (Lipinski definition) is 0. The fraction of sp³-hybridized carbons (Fsp3) is 0.353. The summed E-state index contributed by atoms with van der Waals surface area (Å²) in [5, 5.41) is 0. The molecule has 1 aliphatic rings. The second kappa shape index (κ2) is 6.74. The lowest BCUT2D eigenvalue weighted by Gasteiger charge is -2.29. The average Bonchev–Trinajstić information content (AvgIpc) is 2.44. The molecule has 24 heavy (non-hydrogen) atoms. The van der Waals surface area contributed by atoms with Gasteiger partial charge in [-0.1, -0.05) is 6.07 Å². The van der Waals surface area contributed by atoms with Gasteiger partial charge in [0.05, 0.1) is 6.61 Å². The Kier molecular flexibility index (Phi) is 4.92. The molecule has 0 amide bonds. The highest BCUT2D eigenvalue weighted by atomic mass is 16.7. The van der Waals surface area contributed by atoms with Gasteiger partial charge in [-0.3, -0.25) is 4.79 Å². The summed E-state index contributed by atoms with van der Waals surface area (Å²) in [6, 6.07) is 4.64. The van der Waals surface area contributed by atoms with Gasteiger partial charge >= 0.3 is 17.9 Å². The standard InChI is InChI=1S/C17H18O7/c1-5-21-14-9-11(6-7-13(14)22-10(2)18)8-12-15(19)23-17(3,4)24-16(12)20/h6-9H,5H2,1-4H3. The molecule has 7 heteroatoms. The predicted molar refractivity (Wildman–Crippen MR) is 83.2 cm³/mol. The molecule has 1 aromatic rings. The number of ether oxygens (including phenoxy) is 4. The Labute approximate surface area is 139 Å². The summed E-state index contributed by atoms with van der Waals surface area (Å²) in [7, 11) is 0. The molecule has 0 aliphatic carbocycles. The summed E-state index contributed by atoms with van der Waals surface area (Å²) in [4.78, 5) is 35.0. The molecule has 1 saturated heterocycles. The molecule has 0 radical (unpaired) electrons.